The summed E-state index contributed by atoms with van der Waals surface area (Å²) in [7, 11) is 1.80. The number of rotatable bonds is 6. The summed E-state index contributed by atoms with van der Waals surface area (Å²) in [6, 6.07) is 9.91. The summed E-state index contributed by atoms with van der Waals surface area (Å²) in [5, 5.41) is 10.9. The molecule has 2 aliphatic rings. The number of carbonyl (C=O) groups is 1. The van der Waals surface area contributed by atoms with Crippen LogP contribution in [0.5, 0.6) is 0 Å². The zero-order valence-corrected chi connectivity index (χ0v) is 21.0. The second-order valence-electron chi connectivity index (χ2n) is 9.37. The second-order valence-corrected chi connectivity index (χ2v) is 10.3. The minimum absolute atomic E-state index is 0.0537. The number of hydrogen-bond donors (Lipinski definition) is 1. The Labute approximate surface area is 214 Å². The largest absolute Gasteiger partial charge is 0.317 e. The average Bonchev–Trinajstić information content (AvgIpc) is 3.78. The minimum Gasteiger partial charge on any atom is -0.317 e. The number of aryl methyl sites for hydroxylation is 1. The van der Waals surface area contributed by atoms with E-state index in [2.05, 4.69) is 36.4 Å². The SMILES string of the molecule is Cn1cnnc1-c1cc(F)ccc1-c1cc(NC(=O)c2cc(Br)cn(C3CC3)c2=O)nc(C2CC2)c1. The summed E-state index contributed by atoms with van der Waals surface area (Å²) < 4.78 is 18.3. The second kappa shape index (κ2) is 8.77. The zero-order chi connectivity index (χ0) is 25.0. The first-order valence-corrected chi connectivity index (χ1v) is 12.6. The van der Waals surface area contributed by atoms with Gasteiger partial charge in [0.1, 0.15) is 23.5 Å². The zero-order valence-electron chi connectivity index (χ0n) is 19.4. The molecule has 0 saturated heterocycles. The quantitative estimate of drug-likeness (QED) is 0.363. The third kappa shape index (κ3) is 4.37. The van der Waals surface area contributed by atoms with Crippen molar-refractivity contribution in [1.29, 1.82) is 0 Å². The lowest BCUT2D eigenvalue weighted by atomic mass is 9.98. The van der Waals surface area contributed by atoms with Crippen molar-refractivity contribution in [2.45, 2.75) is 37.6 Å². The van der Waals surface area contributed by atoms with E-state index in [9.17, 15) is 14.0 Å². The monoisotopic (exact) mass is 548 g/mol. The van der Waals surface area contributed by atoms with Gasteiger partial charge in [-0.2, -0.15) is 0 Å². The molecule has 2 aliphatic carbocycles. The molecule has 182 valence electrons. The molecule has 3 aromatic heterocycles. The van der Waals surface area contributed by atoms with Crippen LogP contribution in [0.3, 0.4) is 0 Å². The Morgan fingerprint density at radius 1 is 1.11 bits per heavy atom. The van der Waals surface area contributed by atoms with Crippen LogP contribution in [0.2, 0.25) is 0 Å². The van der Waals surface area contributed by atoms with Gasteiger partial charge >= 0.3 is 0 Å². The summed E-state index contributed by atoms with van der Waals surface area (Å²) >= 11 is 3.42. The van der Waals surface area contributed by atoms with Crippen LogP contribution in [-0.4, -0.2) is 30.2 Å². The normalized spacial score (nSPS) is 15.2. The summed E-state index contributed by atoms with van der Waals surface area (Å²) in [5.74, 6) is 0.259. The van der Waals surface area contributed by atoms with Crippen LogP contribution in [0, 0.1) is 5.82 Å². The first kappa shape index (κ1) is 22.8. The van der Waals surface area contributed by atoms with Crippen LogP contribution in [0.25, 0.3) is 22.5 Å². The molecule has 2 saturated carbocycles. The van der Waals surface area contributed by atoms with Crippen molar-refractivity contribution in [1.82, 2.24) is 24.3 Å². The van der Waals surface area contributed by atoms with Crippen LogP contribution < -0.4 is 10.9 Å². The molecule has 2 fully saturated rings. The van der Waals surface area contributed by atoms with Crippen LogP contribution in [-0.2, 0) is 7.05 Å². The van der Waals surface area contributed by atoms with Gasteiger partial charge in [-0.15, -0.1) is 10.2 Å². The Kier molecular flexibility index (Phi) is 5.55. The van der Waals surface area contributed by atoms with Gasteiger partial charge in [0.2, 0.25) is 0 Å². The summed E-state index contributed by atoms with van der Waals surface area (Å²) in [6.07, 6.45) is 7.17. The van der Waals surface area contributed by atoms with Crippen LogP contribution in [0.4, 0.5) is 10.2 Å². The third-order valence-corrected chi connectivity index (χ3v) is 6.96. The highest BCUT2D eigenvalue weighted by Gasteiger charge is 2.29. The predicted molar refractivity (Wildman–Crippen MR) is 136 cm³/mol. The molecular weight excluding hydrogens is 527 g/mol. The van der Waals surface area contributed by atoms with Crippen molar-refractivity contribution in [3.05, 3.63) is 80.8 Å². The number of carbonyl (C=O) groups excluding carboxylic acids is 1. The summed E-state index contributed by atoms with van der Waals surface area (Å²) in [6.45, 7) is 0. The molecule has 0 atom stereocenters. The smallest absolute Gasteiger partial charge is 0.263 e. The van der Waals surface area contributed by atoms with E-state index in [1.807, 2.05) is 6.07 Å². The topological polar surface area (TPSA) is 94.7 Å². The summed E-state index contributed by atoms with van der Waals surface area (Å²) in [5.41, 5.74) is 2.67. The molecule has 3 heterocycles. The first-order valence-electron chi connectivity index (χ1n) is 11.8. The molecule has 1 aromatic carbocycles. The van der Waals surface area contributed by atoms with Gasteiger partial charge in [0.25, 0.3) is 11.5 Å². The molecule has 10 heteroatoms. The lowest BCUT2D eigenvalue weighted by molar-refractivity contribution is 0.102. The number of nitrogens with one attached hydrogen (secondary N) is 1. The van der Waals surface area contributed by atoms with Crippen LogP contribution >= 0.6 is 15.9 Å². The predicted octanol–water partition coefficient (Wildman–Crippen LogP) is 5.07. The molecule has 36 heavy (non-hydrogen) atoms. The van der Waals surface area contributed by atoms with Crippen molar-refractivity contribution in [3.8, 4) is 22.5 Å². The molecule has 0 unspecified atom stereocenters. The van der Waals surface area contributed by atoms with E-state index in [1.54, 1.807) is 40.8 Å². The van der Waals surface area contributed by atoms with E-state index in [-0.39, 0.29) is 23.0 Å². The minimum atomic E-state index is -0.519. The molecule has 0 radical (unpaired) electrons. The maximum Gasteiger partial charge on any atom is 0.263 e. The molecule has 4 aromatic rings. The van der Waals surface area contributed by atoms with Gasteiger partial charge in [-0.25, -0.2) is 9.37 Å². The molecule has 0 aliphatic heterocycles. The Hall–Kier alpha value is -3.66. The third-order valence-electron chi connectivity index (χ3n) is 6.52. The van der Waals surface area contributed by atoms with Crippen molar-refractivity contribution in [2.75, 3.05) is 5.32 Å². The number of pyridine rings is 2. The highest BCUT2D eigenvalue weighted by Crippen LogP contribution is 2.42. The van der Waals surface area contributed by atoms with Gasteiger partial charge < -0.3 is 14.5 Å². The fourth-order valence-corrected chi connectivity index (χ4v) is 4.83. The number of amides is 1. The fraction of sp³-hybridized carbons (Fsp3) is 0.269. The molecule has 1 amide bonds. The average molecular weight is 549 g/mol. The maximum absolute atomic E-state index is 14.2. The van der Waals surface area contributed by atoms with Gasteiger partial charge in [-0.05, 0) is 83.1 Å². The van der Waals surface area contributed by atoms with Crippen molar-refractivity contribution >= 4 is 27.7 Å². The fourth-order valence-electron chi connectivity index (χ4n) is 4.38. The molecule has 0 bridgehead atoms. The van der Waals surface area contributed by atoms with E-state index in [1.165, 1.54) is 18.2 Å². The molecule has 6 rings (SSSR count). The van der Waals surface area contributed by atoms with E-state index in [0.29, 0.717) is 27.6 Å². The molecule has 8 nitrogen and oxygen atoms in total. The number of hydrogen-bond acceptors (Lipinski definition) is 5. The van der Waals surface area contributed by atoms with E-state index >= 15 is 0 Å². The molecule has 0 spiro atoms. The standard InChI is InChI=1S/C26H22BrFN6O2/c1-33-13-29-32-24(33)20-11-17(28)4-7-19(20)15-8-22(14-2-3-14)30-23(9-15)31-25(35)21-10-16(27)12-34(26(21)36)18-5-6-18/h4,7-14,18H,2-3,5-6H2,1H3,(H,30,31,35). The molecular formula is C26H22BrFN6O2. The van der Waals surface area contributed by atoms with Gasteiger partial charge in [-0.1, -0.05) is 6.07 Å². The summed E-state index contributed by atoms with van der Waals surface area (Å²) in [4.78, 5) is 30.8. The Balaban J connectivity index is 1.41. The van der Waals surface area contributed by atoms with E-state index in [0.717, 1.165) is 42.5 Å². The number of benzene rings is 1. The number of anilines is 1. The van der Waals surface area contributed by atoms with E-state index in [4.69, 9.17) is 0 Å². The lowest BCUT2D eigenvalue weighted by Crippen LogP contribution is -2.28. The van der Waals surface area contributed by atoms with Gasteiger partial charge in [-0.3, -0.25) is 9.59 Å². The molecule has 1 N–H and O–H groups in total. The number of nitrogens with zero attached hydrogens (tertiary/aromatic N) is 5. The van der Waals surface area contributed by atoms with Gasteiger partial charge in [0.05, 0.1) is 0 Å². The van der Waals surface area contributed by atoms with Crippen LogP contribution in [0.15, 0.2) is 58.2 Å². The van der Waals surface area contributed by atoms with Gasteiger partial charge in [0, 0.05) is 40.9 Å². The Bertz CT molecular complexity index is 1570. The van der Waals surface area contributed by atoms with Crippen molar-refractivity contribution < 1.29 is 9.18 Å². The van der Waals surface area contributed by atoms with E-state index < -0.39 is 5.91 Å². The first-order chi connectivity index (χ1) is 17.4. The van der Waals surface area contributed by atoms with Crippen LogP contribution in [0.1, 0.15) is 53.7 Å². The number of halogens is 2. The highest BCUT2D eigenvalue weighted by molar-refractivity contribution is 9.10. The lowest BCUT2D eigenvalue weighted by Gasteiger charge is -2.14. The maximum atomic E-state index is 14.2. The van der Waals surface area contributed by atoms with Gasteiger partial charge in [0.15, 0.2) is 5.82 Å². The highest BCUT2D eigenvalue weighted by atomic mass is 79.9. The number of aromatic nitrogens is 5. The Morgan fingerprint density at radius 2 is 1.92 bits per heavy atom. The van der Waals surface area contributed by atoms with Crippen molar-refractivity contribution in [2.24, 2.45) is 7.05 Å². The Morgan fingerprint density at radius 3 is 2.61 bits per heavy atom. The van der Waals surface area contributed by atoms with Crippen molar-refractivity contribution in [3.63, 3.8) is 0 Å².